The zero-order chi connectivity index (χ0) is 47.1. The van der Waals surface area contributed by atoms with Crippen LogP contribution in [0.3, 0.4) is 0 Å². The van der Waals surface area contributed by atoms with Crippen molar-refractivity contribution < 1.29 is 24.0 Å². The quantitative estimate of drug-likeness (QED) is 0.0357. The summed E-state index contributed by atoms with van der Waals surface area (Å²) < 4.78 is 25.4. The lowest BCUT2D eigenvalue weighted by molar-refractivity contribution is -0.500. The highest BCUT2D eigenvalue weighted by atomic mass is 16.5. The third-order valence-electron chi connectivity index (χ3n) is 12.1. The Morgan fingerprint density at radius 1 is 0.484 bits per heavy atom. The van der Waals surface area contributed by atoms with Crippen molar-refractivity contribution in [1.29, 1.82) is 0 Å². The standard InChI is InChI=1S/C55H95N5O4/c1-41(2)17-13-21-45(9)29-33-61-51-27-25-49(37-53(51)63-35-31-47(11)23-15-19-43(5)6)39-57-59-55(56)60-58-40-50-26-28-52(62-34-30-46(10)22-14-18-42(3)4)54(38-50)64-36-32-48(12)24-16-20-44(7)8/h25-28,37-48H,13-24,29-36H2,1-12H3,(H3,56,59,60)/p+1/b57-39+,58-40+. The Kier molecular flexibility index (Phi) is 29.7. The van der Waals surface area contributed by atoms with Gasteiger partial charge in [0.15, 0.2) is 29.2 Å². The molecule has 0 amide bonds. The van der Waals surface area contributed by atoms with Crippen molar-refractivity contribution in [2.45, 2.75) is 186 Å². The topological polar surface area (TPSA) is 114 Å². The number of hydrogen-bond donors (Lipinski definition) is 3. The molecule has 4 N–H and O–H groups in total. The first kappa shape index (κ1) is 56.4. The van der Waals surface area contributed by atoms with Crippen LogP contribution in [0.15, 0.2) is 46.6 Å². The summed E-state index contributed by atoms with van der Waals surface area (Å²) in [6, 6.07) is 12.0. The molecule has 0 aliphatic rings. The second-order valence-electron chi connectivity index (χ2n) is 20.8. The van der Waals surface area contributed by atoms with Gasteiger partial charge >= 0.3 is 0 Å². The van der Waals surface area contributed by atoms with E-state index in [4.69, 9.17) is 24.7 Å². The molecule has 0 aromatic heterocycles. The molecule has 2 rings (SSSR count). The van der Waals surface area contributed by atoms with E-state index < -0.39 is 0 Å². The minimum absolute atomic E-state index is 0.128. The summed E-state index contributed by atoms with van der Waals surface area (Å²) in [6.07, 6.45) is 22.6. The number of nitrogens with zero attached hydrogens (tertiary/aromatic N) is 2. The van der Waals surface area contributed by atoms with Gasteiger partial charge in [-0.2, -0.15) is 5.10 Å². The fraction of sp³-hybridized carbons (Fsp3) is 0.727. The predicted octanol–water partition coefficient (Wildman–Crippen LogP) is 13.0. The van der Waals surface area contributed by atoms with Gasteiger partial charge in [0.1, 0.15) is 0 Å². The first-order valence-corrected chi connectivity index (χ1v) is 25.6. The molecule has 0 saturated carbocycles. The molecule has 364 valence electrons. The Morgan fingerprint density at radius 3 is 1.20 bits per heavy atom. The van der Waals surface area contributed by atoms with E-state index in [0.29, 0.717) is 50.1 Å². The van der Waals surface area contributed by atoms with Gasteiger partial charge in [0.2, 0.25) is 0 Å². The number of hydrogen-bond acceptors (Lipinski definition) is 6. The van der Waals surface area contributed by atoms with Gasteiger partial charge in [0.05, 0.1) is 32.6 Å². The predicted molar refractivity (Wildman–Crippen MR) is 273 cm³/mol. The molecule has 4 unspecified atom stereocenters. The molecule has 0 aliphatic carbocycles. The third kappa shape index (κ3) is 28.2. The average molecular weight is 891 g/mol. The van der Waals surface area contributed by atoms with Crippen LogP contribution in [0.2, 0.25) is 0 Å². The normalized spacial score (nSPS) is 14.3. The number of ether oxygens (including phenoxy) is 4. The SMILES string of the molecule is CC(C)CCCC(C)CCOc1ccc(/C=N/N=C(\N)N/[NH+]=C/c2ccc(OCCC(C)CCCC(C)C)c(OCCC(C)CCCC(C)C)c2)cc1OCCC(C)CCCC(C)C. The van der Waals surface area contributed by atoms with Gasteiger partial charge in [-0.1, -0.05) is 160 Å². The highest BCUT2D eigenvalue weighted by Gasteiger charge is 2.13. The maximum atomic E-state index is 6.39. The Labute approximate surface area is 392 Å². The number of nitrogens with two attached hydrogens (primary N) is 1. The minimum Gasteiger partial charge on any atom is -0.490 e. The number of guanidine groups is 1. The van der Waals surface area contributed by atoms with Gasteiger partial charge in [-0.3, -0.25) is 0 Å². The molecule has 2 aromatic rings. The van der Waals surface area contributed by atoms with Crippen molar-refractivity contribution in [3.05, 3.63) is 47.5 Å². The van der Waals surface area contributed by atoms with Gasteiger partial charge in [-0.25, -0.2) is 0 Å². The number of nitrogens with one attached hydrogen (secondary N) is 2. The largest absolute Gasteiger partial charge is 0.490 e. The van der Waals surface area contributed by atoms with Crippen molar-refractivity contribution in [2.75, 3.05) is 26.4 Å². The molecule has 9 nitrogen and oxygen atoms in total. The number of hydrazone groups is 1. The molecule has 2 aromatic carbocycles. The fourth-order valence-corrected chi connectivity index (χ4v) is 7.62. The molecule has 0 radical (unpaired) electrons. The second kappa shape index (κ2) is 33.7. The third-order valence-corrected chi connectivity index (χ3v) is 12.1. The van der Waals surface area contributed by atoms with Crippen molar-refractivity contribution in [1.82, 2.24) is 5.43 Å². The number of benzene rings is 2. The Morgan fingerprint density at radius 2 is 0.828 bits per heavy atom. The van der Waals surface area contributed by atoms with Gasteiger partial charge in [0, 0.05) is 5.56 Å². The van der Waals surface area contributed by atoms with E-state index in [1.54, 1.807) is 6.21 Å². The lowest BCUT2D eigenvalue weighted by Crippen LogP contribution is -2.82. The lowest BCUT2D eigenvalue weighted by atomic mass is 9.97. The fourth-order valence-electron chi connectivity index (χ4n) is 7.62. The van der Waals surface area contributed by atoms with Crippen molar-refractivity contribution in [2.24, 2.45) is 63.3 Å². The Balaban J connectivity index is 2.08. The molecule has 0 saturated heterocycles. The van der Waals surface area contributed by atoms with Crippen LogP contribution >= 0.6 is 0 Å². The molecular formula is C55H96N5O4+. The Hall–Kier alpha value is -3.75. The van der Waals surface area contributed by atoms with Crippen molar-refractivity contribution >= 4 is 18.4 Å². The molecule has 64 heavy (non-hydrogen) atoms. The molecule has 0 aliphatic heterocycles. The van der Waals surface area contributed by atoms with Crippen molar-refractivity contribution in [3.8, 4) is 23.0 Å². The van der Waals surface area contributed by atoms with Gasteiger partial charge in [-0.05, 0) is 115 Å². The van der Waals surface area contributed by atoms with Gasteiger partial charge < -0.3 is 24.7 Å². The summed E-state index contributed by atoms with van der Waals surface area (Å²) >= 11 is 0. The molecule has 4 atom stereocenters. The van der Waals surface area contributed by atoms with E-state index >= 15 is 0 Å². The summed E-state index contributed by atoms with van der Waals surface area (Å²) in [5.74, 6) is 8.63. The average Bonchev–Trinajstić information content (AvgIpc) is 3.21. The minimum atomic E-state index is 0.128. The van der Waals surface area contributed by atoms with E-state index in [0.717, 1.165) is 83.5 Å². The van der Waals surface area contributed by atoms with Crippen LogP contribution in [0.4, 0.5) is 0 Å². The molecule has 0 spiro atoms. The van der Waals surface area contributed by atoms with Crippen LogP contribution in [0.25, 0.3) is 0 Å². The van der Waals surface area contributed by atoms with E-state index in [1.165, 1.54) is 77.0 Å². The molecule has 0 fully saturated rings. The molecular weight excluding hydrogens is 795 g/mol. The van der Waals surface area contributed by atoms with E-state index in [9.17, 15) is 0 Å². The summed E-state index contributed by atoms with van der Waals surface area (Å²) in [7, 11) is 0. The summed E-state index contributed by atoms with van der Waals surface area (Å²) in [5.41, 5.74) is 10.9. The number of rotatable bonds is 36. The Bertz CT molecular complexity index is 1590. The van der Waals surface area contributed by atoms with Crippen LogP contribution in [0.5, 0.6) is 23.0 Å². The summed E-state index contributed by atoms with van der Waals surface area (Å²) in [4.78, 5) is 0. The molecule has 9 heteroatoms. The van der Waals surface area contributed by atoms with Crippen LogP contribution in [0, 0.1) is 47.3 Å². The summed E-state index contributed by atoms with van der Waals surface area (Å²) in [5, 5.41) is 11.5. The van der Waals surface area contributed by atoms with E-state index in [-0.39, 0.29) is 5.96 Å². The lowest BCUT2D eigenvalue weighted by Gasteiger charge is -2.17. The van der Waals surface area contributed by atoms with Gasteiger partial charge in [0.25, 0.3) is 5.96 Å². The maximum absolute atomic E-state index is 6.39. The number of hydrazine groups is 1. The summed E-state index contributed by atoms with van der Waals surface area (Å²) in [6.45, 7) is 30.3. The van der Waals surface area contributed by atoms with Gasteiger partial charge in [-0.15, -0.1) is 15.6 Å². The van der Waals surface area contributed by atoms with Crippen LogP contribution in [-0.4, -0.2) is 44.8 Å². The van der Waals surface area contributed by atoms with Crippen LogP contribution < -0.4 is 35.2 Å². The zero-order valence-corrected chi connectivity index (χ0v) is 43.0. The molecule has 0 heterocycles. The zero-order valence-electron chi connectivity index (χ0n) is 43.0. The second-order valence-corrected chi connectivity index (χ2v) is 20.8. The van der Waals surface area contributed by atoms with E-state index in [1.807, 2.05) is 42.6 Å². The highest BCUT2D eigenvalue weighted by molar-refractivity contribution is 5.83. The maximum Gasteiger partial charge on any atom is 0.269 e. The monoisotopic (exact) mass is 891 g/mol. The highest BCUT2D eigenvalue weighted by Crippen LogP contribution is 2.31. The first-order chi connectivity index (χ1) is 30.6. The van der Waals surface area contributed by atoms with Crippen molar-refractivity contribution in [3.63, 3.8) is 0 Å². The first-order valence-electron chi connectivity index (χ1n) is 25.6. The smallest absolute Gasteiger partial charge is 0.269 e. The molecule has 0 bridgehead atoms. The van der Waals surface area contributed by atoms with E-state index in [2.05, 4.69) is 104 Å². The van der Waals surface area contributed by atoms with Crippen LogP contribution in [-0.2, 0) is 0 Å². The van der Waals surface area contributed by atoms with Crippen LogP contribution in [0.1, 0.15) is 197 Å².